The van der Waals surface area contributed by atoms with Crippen molar-refractivity contribution in [2.45, 2.75) is 58.1 Å². The van der Waals surface area contributed by atoms with Gasteiger partial charge in [-0.05, 0) is 47.6 Å². The average Bonchev–Trinajstić information content (AvgIpc) is 3.43. The van der Waals surface area contributed by atoms with Crippen molar-refractivity contribution in [3.8, 4) is 11.1 Å². The van der Waals surface area contributed by atoms with Gasteiger partial charge in [-0.25, -0.2) is 4.39 Å². The highest BCUT2D eigenvalue weighted by Crippen LogP contribution is 2.40. The van der Waals surface area contributed by atoms with Crippen molar-refractivity contribution in [2.75, 3.05) is 0 Å². The molecule has 31 heavy (non-hydrogen) atoms. The largest absolute Gasteiger partial charge is 0.417 e. The average molecular weight is 451 g/mol. The maximum atomic E-state index is 14.6. The molecule has 0 atom stereocenters. The molecule has 1 aliphatic carbocycles. The highest BCUT2D eigenvalue weighted by Gasteiger charge is 2.35. The predicted octanol–water partition coefficient (Wildman–Crippen LogP) is 7.41. The molecule has 0 spiro atoms. The number of benzene rings is 2. The van der Waals surface area contributed by atoms with Crippen LogP contribution in [0.15, 0.2) is 42.6 Å². The lowest BCUT2D eigenvalue weighted by Gasteiger charge is -2.20. The minimum atomic E-state index is -4.63. The summed E-state index contributed by atoms with van der Waals surface area (Å²) in [6, 6.07) is 8.20. The molecule has 2 nitrogen and oxygen atoms in total. The third-order valence-electron chi connectivity index (χ3n) is 5.25. The summed E-state index contributed by atoms with van der Waals surface area (Å²) in [5.41, 5.74) is 0.761. The fourth-order valence-electron chi connectivity index (χ4n) is 3.78. The molecule has 0 amide bonds. The van der Waals surface area contributed by atoms with Gasteiger partial charge in [0.25, 0.3) is 0 Å². The van der Waals surface area contributed by atoms with Crippen molar-refractivity contribution in [3.05, 3.63) is 59.5 Å². The maximum absolute atomic E-state index is 14.6. The van der Waals surface area contributed by atoms with Crippen LogP contribution in [0.1, 0.15) is 44.7 Å². The molecule has 2 aromatic carbocycles. The summed E-state index contributed by atoms with van der Waals surface area (Å²) in [6.45, 7) is 7.71. The lowest BCUT2D eigenvalue weighted by molar-refractivity contribution is -0.137. The van der Waals surface area contributed by atoms with E-state index in [1.165, 1.54) is 12.8 Å². The van der Waals surface area contributed by atoms with Gasteiger partial charge in [0.2, 0.25) is 0 Å². The van der Waals surface area contributed by atoms with Gasteiger partial charge in [0, 0.05) is 41.0 Å². The summed E-state index contributed by atoms with van der Waals surface area (Å²) in [7, 11) is 0. The molecule has 1 heterocycles. The Hall–Kier alpha value is -1.99. The van der Waals surface area contributed by atoms with E-state index in [0.29, 0.717) is 18.3 Å². The molecule has 7 heteroatoms. The van der Waals surface area contributed by atoms with Crippen LogP contribution in [0.4, 0.5) is 17.6 Å². The fourth-order valence-corrected chi connectivity index (χ4v) is 4.63. The van der Waals surface area contributed by atoms with Gasteiger partial charge in [0.1, 0.15) is 5.82 Å². The highest BCUT2D eigenvalue weighted by molar-refractivity contribution is 7.98. The van der Waals surface area contributed by atoms with Crippen molar-refractivity contribution in [3.63, 3.8) is 0 Å². The molecule has 0 radical (unpaired) electrons. The third kappa shape index (κ3) is 5.09. The van der Waals surface area contributed by atoms with Crippen molar-refractivity contribution in [1.29, 1.82) is 0 Å². The Morgan fingerprint density at radius 3 is 2.48 bits per heavy atom. The molecule has 1 saturated carbocycles. The molecule has 1 aromatic heterocycles. The van der Waals surface area contributed by atoms with Gasteiger partial charge in [-0.2, -0.15) is 13.2 Å². The molecule has 3 aromatic rings. The van der Waals surface area contributed by atoms with E-state index in [4.69, 9.17) is 0 Å². The van der Waals surface area contributed by atoms with E-state index in [1.807, 2.05) is 6.07 Å². The molecule has 0 saturated heterocycles. The van der Waals surface area contributed by atoms with Crippen LogP contribution in [0.25, 0.3) is 22.0 Å². The normalized spacial score (nSPS) is 15.1. The minimum absolute atomic E-state index is 0.0233. The van der Waals surface area contributed by atoms with E-state index in [1.54, 1.807) is 24.1 Å². The predicted molar refractivity (Wildman–Crippen MR) is 119 cm³/mol. The van der Waals surface area contributed by atoms with Crippen molar-refractivity contribution >= 4 is 22.9 Å². The van der Waals surface area contributed by atoms with Crippen molar-refractivity contribution < 1.29 is 17.6 Å². The second-order valence-corrected chi connectivity index (χ2v) is 10.6. The minimum Gasteiger partial charge on any atom is -0.347 e. The molecule has 1 N–H and O–H groups in total. The number of fused-ring (bicyclic) bond motifs is 1. The first-order valence-electron chi connectivity index (χ1n) is 10.4. The van der Waals surface area contributed by atoms with Crippen LogP contribution in [0.2, 0.25) is 0 Å². The van der Waals surface area contributed by atoms with Gasteiger partial charge < -0.3 is 4.57 Å². The van der Waals surface area contributed by atoms with Gasteiger partial charge in [0.15, 0.2) is 0 Å². The number of alkyl halides is 3. The third-order valence-corrected chi connectivity index (χ3v) is 6.37. The molecule has 1 aliphatic rings. The second-order valence-electron chi connectivity index (χ2n) is 9.37. The zero-order chi connectivity index (χ0) is 22.4. The first-order chi connectivity index (χ1) is 14.5. The monoisotopic (exact) mass is 450 g/mol. The smallest absolute Gasteiger partial charge is 0.347 e. The highest BCUT2D eigenvalue weighted by atomic mass is 32.2. The van der Waals surface area contributed by atoms with Crippen molar-refractivity contribution in [1.82, 2.24) is 9.29 Å². The van der Waals surface area contributed by atoms with Gasteiger partial charge in [-0.1, -0.05) is 50.9 Å². The summed E-state index contributed by atoms with van der Waals surface area (Å²) in [6.07, 6.45) is -0.102. The molecule has 0 unspecified atom stereocenters. The lowest BCUT2D eigenvalue weighted by atomic mass is 9.96. The summed E-state index contributed by atoms with van der Waals surface area (Å²) in [4.78, 5) is 0. The quantitative estimate of drug-likeness (QED) is 0.311. The maximum Gasteiger partial charge on any atom is 0.417 e. The Morgan fingerprint density at radius 1 is 1.10 bits per heavy atom. The second kappa shape index (κ2) is 8.17. The standard InChI is InChI=1S/C24H26F4N2S/c1-23(2,3)14-30-13-16(12-29-31-17-8-9-17)18-10-7-15(11-21(18)30)22-19(24(26,27)28)5-4-6-20(22)25/h4-7,10-11,13,17,29H,8-9,12,14H2,1-3H3. The van der Waals surface area contributed by atoms with E-state index in [-0.39, 0.29) is 11.0 Å². The lowest BCUT2D eigenvalue weighted by Crippen LogP contribution is -2.14. The van der Waals surface area contributed by atoms with E-state index in [9.17, 15) is 17.6 Å². The Balaban J connectivity index is 1.80. The SMILES string of the molecule is CC(C)(C)Cn1cc(CNSC2CC2)c2ccc(-c3c(F)cccc3C(F)(F)F)cc21. The summed E-state index contributed by atoms with van der Waals surface area (Å²) < 4.78 is 60.7. The van der Waals surface area contributed by atoms with Gasteiger partial charge in [-0.15, -0.1) is 0 Å². The first kappa shape index (κ1) is 22.2. The zero-order valence-corrected chi connectivity index (χ0v) is 18.6. The van der Waals surface area contributed by atoms with E-state index in [2.05, 4.69) is 36.3 Å². The molecular weight excluding hydrogens is 424 g/mol. The van der Waals surface area contributed by atoms with Crippen LogP contribution >= 0.6 is 11.9 Å². The summed E-state index contributed by atoms with van der Waals surface area (Å²) >= 11 is 1.74. The number of aromatic nitrogens is 1. The fraction of sp³-hybridized carbons (Fsp3) is 0.417. The number of nitrogens with zero attached hydrogens (tertiary/aromatic N) is 1. The Kier molecular flexibility index (Phi) is 5.85. The Morgan fingerprint density at radius 2 is 1.84 bits per heavy atom. The number of hydrogen-bond donors (Lipinski definition) is 1. The van der Waals surface area contributed by atoms with Gasteiger partial charge >= 0.3 is 6.18 Å². The van der Waals surface area contributed by atoms with Crippen LogP contribution < -0.4 is 4.72 Å². The van der Waals surface area contributed by atoms with Crippen LogP contribution in [0.3, 0.4) is 0 Å². The van der Waals surface area contributed by atoms with Crippen LogP contribution in [-0.4, -0.2) is 9.82 Å². The topological polar surface area (TPSA) is 17.0 Å². The Labute approximate surface area is 184 Å². The Bertz CT molecular complexity index is 1090. The molecule has 0 bridgehead atoms. The van der Waals surface area contributed by atoms with E-state index >= 15 is 0 Å². The number of nitrogens with one attached hydrogen (secondary N) is 1. The molecule has 0 aliphatic heterocycles. The van der Waals surface area contributed by atoms with Gasteiger partial charge in [0.05, 0.1) is 5.56 Å². The van der Waals surface area contributed by atoms with Crippen LogP contribution in [-0.2, 0) is 19.3 Å². The summed E-state index contributed by atoms with van der Waals surface area (Å²) in [5.74, 6) is -0.870. The molecule has 1 fully saturated rings. The number of halogens is 4. The zero-order valence-electron chi connectivity index (χ0n) is 17.8. The van der Waals surface area contributed by atoms with Crippen LogP contribution in [0.5, 0.6) is 0 Å². The number of hydrogen-bond acceptors (Lipinski definition) is 2. The molecular formula is C24H26F4N2S. The van der Waals surface area contributed by atoms with Crippen molar-refractivity contribution in [2.24, 2.45) is 5.41 Å². The van der Waals surface area contributed by atoms with E-state index in [0.717, 1.165) is 34.7 Å². The molecule has 166 valence electrons. The van der Waals surface area contributed by atoms with E-state index < -0.39 is 23.1 Å². The van der Waals surface area contributed by atoms with Gasteiger partial charge in [-0.3, -0.25) is 4.72 Å². The number of rotatable bonds is 6. The van der Waals surface area contributed by atoms with Crippen LogP contribution in [0, 0.1) is 11.2 Å². The summed E-state index contributed by atoms with van der Waals surface area (Å²) in [5, 5.41) is 1.65. The first-order valence-corrected chi connectivity index (χ1v) is 11.3. The molecule has 4 rings (SSSR count).